The van der Waals surface area contributed by atoms with E-state index in [1.807, 2.05) is 25.1 Å². The van der Waals surface area contributed by atoms with E-state index in [4.69, 9.17) is 5.73 Å². The lowest BCUT2D eigenvalue weighted by Crippen LogP contribution is -2.26. The predicted octanol–water partition coefficient (Wildman–Crippen LogP) is 1.13. The van der Waals surface area contributed by atoms with Gasteiger partial charge in [0.15, 0.2) is 0 Å². The summed E-state index contributed by atoms with van der Waals surface area (Å²) in [6.07, 6.45) is 0. The second-order valence-corrected chi connectivity index (χ2v) is 3.48. The third-order valence-electron chi connectivity index (χ3n) is 2.10. The van der Waals surface area contributed by atoms with Gasteiger partial charge < -0.3 is 16.4 Å². The van der Waals surface area contributed by atoms with Gasteiger partial charge in [-0.1, -0.05) is 0 Å². The Kier molecular flexibility index (Phi) is 3.97. The Bertz CT molecular complexity index is 350. The fourth-order valence-corrected chi connectivity index (χ4v) is 1.23. The van der Waals surface area contributed by atoms with Crippen molar-refractivity contribution < 1.29 is 4.79 Å². The minimum atomic E-state index is -0.00899. The van der Waals surface area contributed by atoms with Crippen LogP contribution in [-0.4, -0.2) is 19.0 Å². The van der Waals surface area contributed by atoms with Gasteiger partial charge in [-0.15, -0.1) is 0 Å². The van der Waals surface area contributed by atoms with Crippen molar-refractivity contribution in [2.45, 2.75) is 13.8 Å². The van der Waals surface area contributed by atoms with Crippen molar-refractivity contribution in [1.29, 1.82) is 0 Å². The number of aryl methyl sites for hydroxylation is 1. The summed E-state index contributed by atoms with van der Waals surface area (Å²) in [5.41, 5.74) is 8.57. The molecule has 0 aromatic heterocycles. The molecule has 4 N–H and O–H groups in total. The van der Waals surface area contributed by atoms with Crippen molar-refractivity contribution >= 4 is 17.3 Å². The number of carbonyl (C=O) groups excluding carboxylic acids is 1. The number of amides is 1. The largest absolute Gasteiger partial charge is 0.399 e. The number of benzene rings is 1. The number of carbonyl (C=O) groups is 1. The van der Waals surface area contributed by atoms with Crippen molar-refractivity contribution in [2.75, 3.05) is 24.1 Å². The molecule has 0 heterocycles. The second kappa shape index (κ2) is 5.24. The molecule has 1 amide bonds. The summed E-state index contributed by atoms with van der Waals surface area (Å²) in [5.74, 6) is -0.00899. The average molecular weight is 207 g/mol. The van der Waals surface area contributed by atoms with Gasteiger partial charge >= 0.3 is 0 Å². The topological polar surface area (TPSA) is 67.2 Å². The van der Waals surface area contributed by atoms with Crippen molar-refractivity contribution in [2.24, 2.45) is 0 Å². The van der Waals surface area contributed by atoms with Crippen LogP contribution in [0.3, 0.4) is 0 Å². The number of hydrogen-bond donors (Lipinski definition) is 3. The first-order valence-electron chi connectivity index (χ1n) is 4.94. The standard InChI is InChI=1S/C11H17N3O/c1-8-7-10(3-4-11(8)12)14-6-5-13-9(2)15/h3-4,7,14H,5-6,12H2,1-2H3,(H,13,15). The molecule has 0 unspecified atom stereocenters. The Hall–Kier alpha value is -1.71. The maximum atomic E-state index is 10.6. The quantitative estimate of drug-likeness (QED) is 0.512. The molecular formula is C11H17N3O. The van der Waals surface area contributed by atoms with Crippen LogP contribution >= 0.6 is 0 Å². The van der Waals surface area contributed by atoms with Gasteiger partial charge in [0.1, 0.15) is 0 Å². The van der Waals surface area contributed by atoms with Crippen LogP contribution in [0.5, 0.6) is 0 Å². The molecule has 0 fully saturated rings. The lowest BCUT2D eigenvalue weighted by Gasteiger charge is -2.08. The van der Waals surface area contributed by atoms with E-state index in [1.165, 1.54) is 6.92 Å². The van der Waals surface area contributed by atoms with E-state index in [1.54, 1.807) is 0 Å². The molecule has 0 radical (unpaired) electrons. The highest BCUT2D eigenvalue weighted by atomic mass is 16.1. The van der Waals surface area contributed by atoms with Gasteiger partial charge in [-0.05, 0) is 30.7 Å². The van der Waals surface area contributed by atoms with Gasteiger partial charge in [0.05, 0.1) is 0 Å². The highest BCUT2D eigenvalue weighted by Gasteiger charge is 1.96. The second-order valence-electron chi connectivity index (χ2n) is 3.48. The summed E-state index contributed by atoms with van der Waals surface area (Å²) >= 11 is 0. The molecule has 0 saturated heterocycles. The van der Waals surface area contributed by atoms with Crippen molar-refractivity contribution in [3.05, 3.63) is 23.8 Å². The van der Waals surface area contributed by atoms with Crippen LogP contribution in [0.15, 0.2) is 18.2 Å². The molecule has 0 bridgehead atoms. The van der Waals surface area contributed by atoms with E-state index in [2.05, 4.69) is 10.6 Å². The van der Waals surface area contributed by atoms with E-state index in [9.17, 15) is 4.79 Å². The summed E-state index contributed by atoms with van der Waals surface area (Å²) < 4.78 is 0. The maximum absolute atomic E-state index is 10.6. The predicted molar refractivity (Wildman–Crippen MR) is 62.8 cm³/mol. The van der Waals surface area contributed by atoms with E-state index in [0.29, 0.717) is 13.1 Å². The third-order valence-corrected chi connectivity index (χ3v) is 2.10. The molecule has 4 heteroatoms. The summed E-state index contributed by atoms with van der Waals surface area (Å²) in [5, 5.41) is 5.91. The van der Waals surface area contributed by atoms with Gasteiger partial charge in [-0.3, -0.25) is 4.79 Å². The number of nitrogens with two attached hydrogens (primary N) is 1. The molecule has 1 rings (SSSR count). The van der Waals surface area contributed by atoms with E-state index < -0.39 is 0 Å². The lowest BCUT2D eigenvalue weighted by atomic mass is 10.2. The number of hydrogen-bond acceptors (Lipinski definition) is 3. The van der Waals surface area contributed by atoms with Gasteiger partial charge in [0.2, 0.25) is 5.91 Å². The number of nitrogens with one attached hydrogen (secondary N) is 2. The third kappa shape index (κ3) is 3.89. The molecule has 0 aliphatic carbocycles. The molecular weight excluding hydrogens is 190 g/mol. The van der Waals surface area contributed by atoms with Gasteiger partial charge in [-0.2, -0.15) is 0 Å². The van der Waals surface area contributed by atoms with Crippen LogP contribution < -0.4 is 16.4 Å². The highest BCUT2D eigenvalue weighted by Crippen LogP contribution is 2.15. The number of nitrogen functional groups attached to an aromatic ring is 1. The van der Waals surface area contributed by atoms with E-state index >= 15 is 0 Å². The molecule has 4 nitrogen and oxygen atoms in total. The first-order chi connectivity index (χ1) is 7.09. The van der Waals surface area contributed by atoms with E-state index in [-0.39, 0.29) is 5.91 Å². The summed E-state index contributed by atoms with van der Waals surface area (Å²) in [6.45, 7) is 4.81. The van der Waals surface area contributed by atoms with Crippen molar-refractivity contribution in [1.82, 2.24) is 5.32 Å². The van der Waals surface area contributed by atoms with Crippen molar-refractivity contribution in [3.63, 3.8) is 0 Å². The molecule has 82 valence electrons. The molecule has 0 aliphatic heterocycles. The summed E-state index contributed by atoms with van der Waals surface area (Å²) in [6, 6.07) is 5.79. The molecule has 0 aliphatic rings. The summed E-state index contributed by atoms with van der Waals surface area (Å²) in [4.78, 5) is 10.6. The molecule has 0 saturated carbocycles. The van der Waals surface area contributed by atoms with Crippen LogP contribution in [-0.2, 0) is 4.79 Å². The first kappa shape index (κ1) is 11.4. The minimum Gasteiger partial charge on any atom is -0.399 e. The number of anilines is 2. The zero-order valence-corrected chi connectivity index (χ0v) is 9.13. The minimum absolute atomic E-state index is 0.00899. The molecule has 1 aromatic rings. The van der Waals surface area contributed by atoms with Crippen LogP contribution in [0.4, 0.5) is 11.4 Å². The Morgan fingerprint density at radius 1 is 1.40 bits per heavy atom. The fraction of sp³-hybridized carbons (Fsp3) is 0.364. The fourth-order valence-electron chi connectivity index (χ4n) is 1.23. The van der Waals surface area contributed by atoms with Crippen LogP contribution in [0, 0.1) is 6.92 Å². The highest BCUT2D eigenvalue weighted by molar-refractivity contribution is 5.72. The van der Waals surface area contributed by atoms with Gasteiger partial charge in [0.25, 0.3) is 0 Å². The molecule has 0 atom stereocenters. The normalized spacial score (nSPS) is 9.73. The first-order valence-corrected chi connectivity index (χ1v) is 4.94. The van der Waals surface area contributed by atoms with Gasteiger partial charge in [0, 0.05) is 31.4 Å². The SMILES string of the molecule is CC(=O)NCCNc1ccc(N)c(C)c1. The zero-order chi connectivity index (χ0) is 11.3. The van der Waals surface area contributed by atoms with Crippen molar-refractivity contribution in [3.8, 4) is 0 Å². The zero-order valence-electron chi connectivity index (χ0n) is 9.13. The monoisotopic (exact) mass is 207 g/mol. The lowest BCUT2D eigenvalue weighted by molar-refractivity contribution is -0.118. The molecule has 1 aromatic carbocycles. The smallest absolute Gasteiger partial charge is 0.216 e. The Balaban J connectivity index is 2.38. The Morgan fingerprint density at radius 3 is 2.73 bits per heavy atom. The maximum Gasteiger partial charge on any atom is 0.216 e. The van der Waals surface area contributed by atoms with Crippen LogP contribution in [0.1, 0.15) is 12.5 Å². The van der Waals surface area contributed by atoms with Gasteiger partial charge in [-0.25, -0.2) is 0 Å². The Labute approximate surface area is 89.9 Å². The Morgan fingerprint density at radius 2 is 2.13 bits per heavy atom. The number of rotatable bonds is 4. The molecule has 15 heavy (non-hydrogen) atoms. The van der Waals surface area contributed by atoms with Crippen LogP contribution in [0.25, 0.3) is 0 Å². The summed E-state index contributed by atoms with van der Waals surface area (Å²) in [7, 11) is 0. The molecule has 0 spiro atoms. The van der Waals surface area contributed by atoms with Crippen LogP contribution in [0.2, 0.25) is 0 Å². The average Bonchev–Trinajstić information content (AvgIpc) is 2.18. The van der Waals surface area contributed by atoms with E-state index in [0.717, 1.165) is 16.9 Å².